The number of carbonyl (C=O) groups is 2. The topological polar surface area (TPSA) is 96.0 Å². The zero-order valence-electron chi connectivity index (χ0n) is 9.45. The molecule has 88 valence electrons. The Kier molecular flexibility index (Phi) is 3.88. The molecule has 0 spiro atoms. The summed E-state index contributed by atoms with van der Waals surface area (Å²) in [6.45, 7) is 1.71. The number of hydrogen-bond donors (Lipinski definition) is 2. The zero-order chi connectivity index (χ0) is 12.2. The molecule has 1 atom stereocenters. The fourth-order valence-corrected chi connectivity index (χ4v) is 2.08. The molecule has 5 nitrogen and oxygen atoms in total. The molecule has 0 bridgehead atoms. The van der Waals surface area contributed by atoms with E-state index < -0.39 is 11.3 Å². The highest BCUT2D eigenvalue weighted by Gasteiger charge is 2.41. The van der Waals surface area contributed by atoms with Crippen LogP contribution in [-0.4, -0.2) is 17.9 Å². The summed E-state index contributed by atoms with van der Waals surface area (Å²) in [5.41, 5.74) is 4.15. The number of nitrogens with one attached hydrogen (secondary N) is 1. The molecule has 1 aliphatic rings. The van der Waals surface area contributed by atoms with Gasteiger partial charge in [-0.05, 0) is 19.8 Å². The fraction of sp³-hybridized carbons (Fsp3) is 0.727. The van der Waals surface area contributed by atoms with E-state index in [0.29, 0.717) is 12.8 Å². The first-order valence-corrected chi connectivity index (χ1v) is 5.51. The van der Waals surface area contributed by atoms with E-state index in [1.807, 2.05) is 0 Å². The van der Waals surface area contributed by atoms with E-state index in [4.69, 9.17) is 11.0 Å². The summed E-state index contributed by atoms with van der Waals surface area (Å²) in [6, 6.07) is 1.80. The molecule has 1 unspecified atom stereocenters. The maximum Gasteiger partial charge on any atom is 0.240 e. The van der Waals surface area contributed by atoms with Gasteiger partial charge in [-0.2, -0.15) is 5.26 Å². The van der Waals surface area contributed by atoms with Gasteiger partial charge in [0.1, 0.15) is 5.41 Å². The molecule has 0 aliphatic heterocycles. The molecule has 5 heteroatoms. The number of nitrogens with two attached hydrogens (primary N) is 1. The summed E-state index contributed by atoms with van der Waals surface area (Å²) >= 11 is 0. The summed E-state index contributed by atoms with van der Waals surface area (Å²) in [7, 11) is 0. The first-order valence-electron chi connectivity index (χ1n) is 5.51. The molecule has 0 aromatic heterocycles. The van der Waals surface area contributed by atoms with Gasteiger partial charge in [0.15, 0.2) is 0 Å². The standard InChI is InChI=1S/C11H17N3O2/c1-8(6-9(13)15)14-10(16)11(7-12)4-2-3-5-11/h8H,2-6H2,1H3,(H2,13,15)(H,14,16). The van der Waals surface area contributed by atoms with Crippen molar-refractivity contribution in [1.82, 2.24) is 5.32 Å². The molecule has 0 aromatic carbocycles. The lowest BCUT2D eigenvalue weighted by Gasteiger charge is -2.22. The summed E-state index contributed by atoms with van der Waals surface area (Å²) in [5, 5.41) is 11.8. The highest BCUT2D eigenvalue weighted by Crippen LogP contribution is 2.37. The van der Waals surface area contributed by atoms with Crippen LogP contribution >= 0.6 is 0 Å². The van der Waals surface area contributed by atoms with Crippen LogP contribution in [0.3, 0.4) is 0 Å². The molecule has 16 heavy (non-hydrogen) atoms. The second-order valence-electron chi connectivity index (χ2n) is 4.45. The molecular weight excluding hydrogens is 206 g/mol. The van der Waals surface area contributed by atoms with Crippen LogP contribution in [0, 0.1) is 16.7 Å². The molecular formula is C11H17N3O2. The number of nitrogens with zero attached hydrogens (tertiary/aromatic N) is 1. The summed E-state index contributed by atoms with van der Waals surface area (Å²) < 4.78 is 0. The van der Waals surface area contributed by atoms with Gasteiger partial charge in [-0.1, -0.05) is 12.8 Å². The number of hydrogen-bond acceptors (Lipinski definition) is 3. The molecule has 0 heterocycles. The van der Waals surface area contributed by atoms with Crippen LogP contribution in [0.25, 0.3) is 0 Å². The van der Waals surface area contributed by atoms with Gasteiger partial charge in [0.05, 0.1) is 6.07 Å². The lowest BCUT2D eigenvalue weighted by atomic mass is 9.86. The van der Waals surface area contributed by atoms with Crippen molar-refractivity contribution in [2.75, 3.05) is 0 Å². The Morgan fingerprint density at radius 1 is 1.50 bits per heavy atom. The number of nitriles is 1. The predicted octanol–water partition coefficient (Wildman–Crippen LogP) is 0.450. The van der Waals surface area contributed by atoms with Gasteiger partial charge in [0.25, 0.3) is 0 Å². The normalized spacial score (nSPS) is 19.8. The molecule has 2 amide bonds. The van der Waals surface area contributed by atoms with E-state index in [-0.39, 0.29) is 18.4 Å². The number of rotatable bonds is 4. The Hall–Kier alpha value is -1.57. The van der Waals surface area contributed by atoms with Crippen molar-refractivity contribution in [3.63, 3.8) is 0 Å². The number of amides is 2. The molecule has 1 rings (SSSR count). The maximum absolute atomic E-state index is 11.9. The van der Waals surface area contributed by atoms with E-state index in [2.05, 4.69) is 11.4 Å². The van der Waals surface area contributed by atoms with Crippen LogP contribution in [0.4, 0.5) is 0 Å². The molecule has 0 aromatic rings. The largest absolute Gasteiger partial charge is 0.370 e. The summed E-state index contributed by atoms with van der Waals surface area (Å²) in [6.07, 6.45) is 3.14. The fourth-order valence-electron chi connectivity index (χ4n) is 2.08. The maximum atomic E-state index is 11.9. The van der Waals surface area contributed by atoms with Crippen LogP contribution in [0.1, 0.15) is 39.0 Å². The molecule has 0 radical (unpaired) electrons. The third-order valence-corrected chi connectivity index (χ3v) is 2.99. The number of carbonyl (C=O) groups excluding carboxylic acids is 2. The van der Waals surface area contributed by atoms with Gasteiger partial charge in [-0.25, -0.2) is 0 Å². The second kappa shape index (κ2) is 4.97. The summed E-state index contributed by atoms with van der Waals surface area (Å²) in [4.78, 5) is 22.6. The Labute approximate surface area is 95.0 Å². The van der Waals surface area contributed by atoms with Gasteiger partial charge < -0.3 is 11.1 Å². The third kappa shape index (κ3) is 2.72. The minimum atomic E-state index is -0.883. The SMILES string of the molecule is CC(CC(N)=O)NC(=O)C1(C#N)CCCC1. The van der Waals surface area contributed by atoms with E-state index in [1.54, 1.807) is 6.92 Å². The van der Waals surface area contributed by atoms with Crippen LogP contribution in [0.5, 0.6) is 0 Å². The Morgan fingerprint density at radius 2 is 2.06 bits per heavy atom. The first-order chi connectivity index (χ1) is 7.50. The van der Waals surface area contributed by atoms with Crippen LogP contribution < -0.4 is 11.1 Å². The first kappa shape index (κ1) is 12.5. The predicted molar refractivity (Wildman–Crippen MR) is 57.9 cm³/mol. The van der Waals surface area contributed by atoms with Crippen LogP contribution in [0.15, 0.2) is 0 Å². The highest BCUT2D eigenvalue weighted by molar-refractivity contribution is 5.86. The monoisotopic (exact) mass is 223 g/mol. The van der Waals surface area contributed by atoms with Crippen molar-refractivity contribution in [1.29, 1.82) is 5.26 Å². The Bertz CT molecular complexity index is 327. The lowest BCUT2D eigenvalue weighted by Crippen LogP contribution is -2.44. The van der Waals surface area contributed by atoms with Gasteiger partial charge in [0.2, 0.25) is 11.8 Å². The second-order valence-corrected chi connectivity index (χ2v) is 4.45. The van der Waals surface area contributed by atoms with E-state index >= 15 is 0 Å². The molecule has 1 aliphatic carbocycles. The minimum Gasteiger partial charge on any atom is -0.370 e. The average molecular weight is 223 g/mol. The number of primary amides is 1. The van der Waals surface area contributed by atoms with Gasteiger partial charge >= 0.3 is 0 Å². The minimum absolute atomic E-state index is 0.104. The van der Waals surface area contributed by atoms with Crippen molar-refractivity contribution in [2.24, 2.45) is 11.1 Å². The average Bonchev–Trinajstić information content (AvgIpc) is 2.65. The van der Waals surface area contributed by atoms with E-state index in [9.17, 15) is 9.59 Å². The van der Waals surface area contributed by atoms with Gasteiger partial charge in [0, 0.05) is 12.5 Å². The van der Waals surface area contributed by atoms with Crippen molar-refractivity contribution >= 4 is 11.8 Å². The summed E-state index contributed by atoms with van der Waals surface area (Å²) in [5.74, 6) is -0.716. The molecule has 1 fully saturated rings. The van der Waals surface area contributed by atoms with Crippen molar-refractivity contribution in [3.05, 3.63) is 0 Å². The molecule has 0 saturated heterocycles. The Morgan fingerprint density at radius 3 is 2.50 bits per heavy atom. The van der Waals surface area contributed by atoms with Gasteiger partial charge in [-0.3, -0.25) is 9.59 Å². The lowest BCUT2D eigenvalue weighted by molar-refractivity contribution is -0.128. The van der Waals surface area contributed by atoms with E-state index in [0.717, 1.165) is 12.8 Å². The van der Waals surface area contributed by atoms with Crippen molar-refractivity contribution < 1.29 is 9.59 Å². The molecule has 1 saturated carbocycles. The highest BCUT2D eigenvalue weighted by atomic mass is 16.2. The third-order valence-electron chi connectivity index (χ3n) is 2.99. The Balaban J connectivity index is 2.57. The smallest absolute Gasteiger partial charge is 0.240 e. The van der Waals surface area contributed by atoms with Crippen LogP contribution in [-0.2, 0) is 9.59 Å². The van der Waals surface area contributed by atoms with Crippen molar-refractivity contribution in [3.8, 4) is 6.07 Å². The quantitative estimate of drug-likeness (QED) is 0.724. The zero-order valence-corrected chi connectivity index (χ0v) is 9.45. The molecule has 3 N–H and O–H groups in total. The van der Waals surface area contributed by atoms with E-state index in [1.165, 1.54) is 0 Å². The van der Waals surface area contributed by atoms with Crippen LogP contribution in [0.2, 0.25) is 0 Å². The van der Waals surface area contributed by atoms with Gasteiger partial charge in [-0.15, -0.1) is 0 Å². The van der Waals surface area contributed by atoms with Crippen molar-refractivity contribution in [2.45, 2.75) is 45.1 Å².